The van der Waals surface area contributed by atoms with E-state index in [9.17, 15) is 4.79 Å². The van der Waals surface area contributed by atoms with E-state index < -0.39 is 0 Å². The van der Waals surface area contributed by atoms with E-state index in [1.165, 1.54) is 31.7 Å². The molecule has 0 saturated heterocycles. The normalized spacial score (nSPS) is 18.8. The topological polar surface area (TPSA) is 26.3 Å². The lowest BCUT2D eigenvalue weighted by Crippen LogP contribution is -2.16. The molecule has 0 aliphatic heterocycles. The van der Waals surface area contributed by atoms with Crippen LogP contribution in [0.3, 0.4) is 0 Å². The van der Waals surface area contributed by atoms with Crippen LogP contribution >= 0.6 is 12.6 Å². The molecule has 0 heterocycles. The van der Waals surface area contributed by atoms with Crippen molar-refractivity contribution in [2.45, 2.75) is 76.2 Å². The molecule has 1 unspecified atom stereocenters. The predicted octanol–water partition coefficient (Wildman–Crippen LogP) is 5.76. The van der Waals surface area contributed by atoms with Crippen LogP contribution in [-0.4, -0.2) is 12.1 Å². The number of unbranched alkanes of at least 4 members (excludes halogenated alkanes) is 1. The van der Waals surface area contributed by atoms with E-state index in [-0.39, 0.29) is 12.1 Å². The molecule has 0 aromatic heterocycles. The zero-order chi connectivity index (χ0) is 16.9. The number of thiol groups is 1. The molecule has 0 radical (unpaired) electrons. The first-order valence-electron chi connectivity index (χ1n) is 8.72. The molecule has 128 valence electrons. The van der Waals surface area contributed by atoms with Crippen LogP contribution in [0.2, 0.25) is 0 Å². The van der Waals surface area contributed by atoms with Crippen LogP contribution in [0.15, 0.2) is 41.3 Å². The minimum atomic E-state index is -0.149. The van der Waals surface area contributed by atoms with Crippen molar-refractivity contribution >= 4 is 18.6 Å². The van der Waals surface area contributed by atoms with Gasteiger partial charge in [0.05, 0.1) is 0 Å². The molecular weight excluding hydrogens is 304 g/mol. The molecule has 0 N–H and O–H groups in total. The van der Waals surface area contributed by atoms with Gasteiger partial charge in [0, 0.05) is 11.8 Å². The summed E-state index contributed by atoms with van der Waals surface area (Å²) in [7, 11) is 0. The van der Waals surface area contributed by atoms with Crippen molar-refractivity contribution in [3.8, 4) is 0 Å². The summed E-state index contributed by atoms with van der Waals surface area (Å²) in [5.74, 6) is -0.149. The summed E-state index contributed by atoms with van der Waals surface area (Å²) in [5, 5.41) is 0. The summed E-state index contributed by atoms with van der Waals surface area (Å²) < 4.78 is 5.15. The van der Waals surface area contributed by atoms with Crippen LogP contribution in [0.1, 0.15) is 64.4 Å². The third-order valence-electron chi connectivity index (χ3n) is 3.81. The largest absolute Gasteiger partial charge is 0.463 e. The van der Waals surface area contributed by atoms with Gasteiger partial charge in [-0.1, -0.05) is 37.6 Å². The molecule has 23 heavy (non-hydrogen) atoms. The van der Waals surface area contributed by atoms with Crippen LogP contribution in [0, 0.1) is 0 Å². The fourth-order valence-corrected chi connectivity index (χ4v) is 2.67. The molecule has 0 amide bonds. The summed E-state index contributed by atoms with van der Waals surface area (Å²) in [4.78, 5) is 11.7. The maximum absolute atomic E-state index is 10.7. The minimum absolute atomic E-state index is 0.149. The van der Waals surface area contributed by atoms with Crippen LogP contribution < -0.4 is 0 Å². The number of aryl methyl sites for hydroxylation is 1. The van der Waals surface area contributed by atoms with Crippen molar-refractivity contribution in [2.24, 2.45) is 0 Å². The van der Waals surface area contributed by atoms with E-state index in [2.05, 4.69) is 43.8 Å². The van der Waals surface area contributed by atoms with E-state index in [1.54, 1.807) is 0 Å². The van der Waals surface area contributed by atoms with Crippen LogP contribution in [0.25, 0.3) is 0 Å². The van der Waals surface area contributed by atoms with Crippen molar-refractivity contribution in [3.63, 3.8) is 0 Å². The Bertz CT molecular complexity index is 465. The fraction of sp³-hybridized carbons (Fsp3) is 0.550. The number of hydrogen-bond acceptors (Lipinski definition) is 3. The van der Waals surface area contributed by atoms with Gasteiger partial charge in [-0.05, 0) is 62.6 Å². The predicted molar refractivity (Wildman–Crippen MR) is 100 cm³/mol. The molecule has 1 aromatic rings. The van der Waals surface area contributed by atoms with Gasteiger partial charge in [-0.15, -0.1) is 12.6 Å². The molecule has 2 rings (SSSR count). The Hall–Kier alpha value is -1.22. The molecular formula is C20H30O2S. The molecule has 0 spiro atoms. The van der Waals surface area contributed by atoms with E-state index in [0.29, 0.717) is 0 Å². The monoisotopic (exact) mass is 334 g/mol. The third-order valence-corrected chi connectivity index (χ3v) is 4.10. The Balaban J connectivity index is 0.000000231. The average Bonchev–Trinajstić information content (AvgIpc) is 2.50. The molecule has 3 heteroatoms. The first kappa shape index (κ1) is 19.8. The minimum Gasteiger partial charge on any atom is -0.463 e. The number of ether oxygens (including phenoxy) is 1. The van der Waals surface area contributed by atoms with Crippen molar-refractivity contribution in [2.75, 3.05) is 0 Å². The van der Waals surface area contributed by atoms with Crippen molar-refractivity contribution < 1.29 is 9.53 Å². The lowest BCUT2D eigenvalue weighted by molar-refractivity contribution is -0.147. The highest BCUT2D eigenvalue weighted by Gasteiger charge is 2.11. The van der Waals surface area contributed by atoms with Gasteiger partial charge < -0.3 is 4.74 Å². The third kappa shape index (κ3) is 10.2. The molecule has 1 aromatic carbocycles. The fourth-order valence-electron chi connectivity index (χ4n) is 2.52. The van der Waals surface area contributed by atoms with Crippen molar-refractivity contribution in [3.05, 3.63) is 42.0 Å². The molecule has 0 bridgehead atoms. The van der Waals surface area contributed by atoms with Crippen molar-refractivity contribution in [1.82, 2.24) is 0 Å². The van der Waals surface area contributed by atoms with E-state index in [0.717, 1.165) is 37.0 Å². The number of carbonyl (C=O) groups is 1. The van der Waals surface area contributed by atoms with E-state index in [1.807, 2.05) is 12.1 Å². The second-order valence-corrected chi connectivity index (χ2v) is 6.50. The van der Waals surface area contributed by atoms with E-state index >= 15 is 0 Å². The SMILES string of the molecule is CC(=O)OC1CC/C=C/CCC1.CCCCc1ccc(S)cc1. The van der Waals surface area contributed by atoms with Crippen molar-refractivity contribution in [1.29, 1.82) is 0 Å². The number of allylic oxidation sites excluding steroid dienone is 2. The zero-order valence-corrected chi connectivity index (χ0v) is 15.4. The Morgan fingerprint density at radius 3 is 2.52 bits per heavy atom. The quantitative estimate of drug-likeness (QED) is 0.430. The van der Waals surface area contributed by atoms with Gasteiger partial charge >= 0.3 is 5.97 Å². The number of hydrogen-bond donors (Lipinski definition) is 1. The molecule has 1 atom stereocenters. The first-order chi connectivity index (χ1) is 11.1. The smallest absolute Gasteiger partial charge is 0.302 e. The highest BCUT2D eigenvalue weighted by molar-refractivity contribution is 7.80. The number of esters is 1. The highest BCUT2D eigenvalue weighted by Crippen LogP contribution is 2.15. The zero-order valence-electron chi connectivity index (χ0n) is 14.5. The van der Waals surface area contributed by atoms with Crippen LogP contribution in [-0.2, 0) is 16.0 Å². The van der Waals surface area contributed by atoms with Gasteiger partial charge in [0.2, 0.25) is 0 Å². The number of rotatable bonds is 4. The molecule has 2 nitrogen and oxygen atoms in total. The van der Waals surface area contributed by atoms with Gasteiger partial charge in [0.25, 0.3) is 0 Å². The second-order valence-electron chi connectivity index (χ2n) is 5.98. The lowest BCUT2D eigenvalue weighted by Gasteiger charge is -2.16. The van der Waals surface area contributed by atoms with Gasteiger partial charge in [-0.25, -0.2) is 0 Å². The summed E-state index contributed by atoms with van der Waals surface area (Å²) in [6, 6.07) is 8.40. The summed E-state index contributed by atoms with van der Waals surface area (Å²) in [5.41, 5.74) is 1.42. The second kappa shape index (κ2) is 12.2. The lowest BCUT2D eigenvalue weighted by atomic mass is 10.0. The average molecular weight is 335 g/mol. The number of benzene rings is 1. The first-order valence-corrected chi connectivity index (χ1v) is 9.16. The van der Waals surface area contributed by atoms with Crippen LogP contribution in [0.5, 0.6) is 0 Å². The van der Waals surface area contributed by atoms with Gasteiger partial charge in [-0.2, -0.15) is 0 Å². The van der Waals surface area contributed by atoms with Crippen LogP contribution in [0.4, 0.5) is 0 Å². The van der Waals surface area contributed by atoms with Gasteiger partial charge in [-0.3, -0.25) is 4.79 Å². The van der Waals surface area contributed by atoms with Gasteiger partial charge in [0.15, 0.2) is 0 Å². The number of carbonyl (C=O) groups excluding carboxylic acids is 1. The maximum atomic E-state index is 10.7. The Kier molecular flexibility index (Phi) is 10.5. The van der Waals surface area contributed by atoms with Gasteiger partial charge in [0.1, 0.15) is 6.10 Å². The molecule has 1 aliphatic rings. The Labute approximate surface area is 146 Å². The summed E-state index contributed by atoms with van der Waals surface area (Å²) in [6.07, 6.45) is 13.6. The summed E-state index contributed by atoms with van der Waals surface area (Å²) >= 11 is 4.22. The Morgan fingerprint density at radius 2 is 1.87 bits per heavy atom. The molecule has 0 fully saturated rings. The maximum Gasteiger partial charge on any atom is 0.302 e. The Morgan fingerprint density at radius 1 is 1.17 bits per heavy atom. The molecule has 0 saturated carbocycles. The molecule has 1 aliphatic carbocycles. The van der Waals surface area contributed by atoms with E-state index in [4.69, 9.17) is 4.74 Å². The highest BCUT2D eigenvalue weighted by atomic mass is 32.1. The summed E-state index contributed by atoms with van der Waals surface area (Å²) in [6.45, 7) is 3.70. The standard InChI is InChI=1S/C10H16O2.C10H14S/c1-9(11)12-10-7-5-3-2-4-6-8-10;1-2-3-4-9-5-7-10(11)8-6-9/h2-3,10H,4-8H2,1H3;5-8,11H,2-4H2,1H3/b3-2+;.